The Hall–Kier alpha value is -3.32. The number of carbonyl (C=O) groups excluding carboxylic acids is 1. The van der Waals surface area contributed by atoms with Crippen molar-refractivity contribution in [3.05, 3.63) is 76.0 Å². The van der Waals surface area contributed by atoms with Crippen LogP contribution in [0.25, 0.3) is 11.3 Å². The molecule has 0 bridgehead atoms. The summed E-state index contributed by atoms with van der Waals surface area (Å²) in [6.07, 6.45) is 4.95. The van der Waals surface area contributed by atoms with E-state index in [0.29, 0.717) is 17.2 Å². The quantitative estimate of drug-likeness (QED) is 0.379. The Morgan fingerprint density at radius 1 is 1.06 bits per heavy atom. The number of esters is 1. The minimum absolute atomic E-state index is 0.0407. The smallest absolute Gasteiger partial charge is 0.338 e. The molecule has 4 heteroatoms. The van der Waals surface area contributed by atoms with Crippen LogP contribution in [-0.4, -0.2) is 11.1 Å². The first-order valence-corrected chi connectivity index (χ1v) is 10.8. The highest BCUT2D eigenvalue weighted by molar-refractivity contribution is 5.89. The minimum atomic E-state index is -0.393. The number of rotatable bonds is 4. The van der Waals surface area contributed by atoms with E-state index in [9.17, 15) is 4.79 Å². The van der Waals surface area contributed by atoms with E-state index in [4.69, 9.17) is 9.26 Å². The maximum Gasteiger partial charge on any atom is 0.338 e. The molecule has 0 aliphatic heterocycles. The van der Waals surface area contributed by atoms with Gasteiger partial charge in [0.1, 0.15) is 5.69 Å². The van der Waals surface area contributed by atoms with Crippen molar-refractivity contribution in [3.8, 4) is 23.1 Å². The molecule has 1 fully saturated rings. The maximum absolute atomic E-state index is 12.4. The molecule has 1 saturated carbocycles. The van der Waals surface area contributed by atoms with E-state index in [1.807, 2.05) is 18.2 Å². The van der Waals surface area contributed by atoms with Crippen LogP contribution in [0.5, 0.6) is 0 Å². The van der Waals surface area contributed by atoms with Crippen LogP contribution in [0.15, 0.2) is 47.0 Å². The molecule has 1 aliphatic carbocycles. The molecule has 4 nitrogen and oxygen atoms in total. The fourth-order valence-electron chi connectivity index (χ4n) is 4.25. The van der Waals surface area contributed by atoms with Crippen molar-refractivity contribution in [1.29, 1.82) is 0 Å². The van der Waals surface area contributed by atoms with E-state index in [2.05, 4.69) is 49.9 Å². The Labute approximate surface area is 183 Å². The number of aryl methyl sites for hydroxylation is 3. The summed E-state index contributed by atoms with van der Waals surface area (Å²) in [6, 6.07) is 13.3. The lowest BCUT2D eigenvalue weighted by Crippen LogP contribution is -2.04. The van der Waals surface area contributed by atoms with Crippen LogP contribution in [0.3, 0.4) is 0 Å². The average Bonchev–Trinajstić information content (AvgIpc) is 3.42. The van der Waals surface area contributed by atoms with Gasteiger partial charge in [0.15, 0.2) is 12.4 Å². The summed E-state index contributed by atoms with van der Waals surface area (Å²) in [4.78, 5) is 12.4. The molecular formula is C27H27NO3. The predicted molar refractivity (Wildman–Crippen MR) is 121 cm³/mol. The summed E-state index contributed by atoms with van der Waals surface area (Å²) in [6.45, 7) is 6.24. The van der Waals surface area contributed by atoms with Gasteiger partial charge in [0.05, 0.1) is 5.56 Å². The molecule has 1 heterocycles. The number of hydrogen-bond donors (Lipinski definition) is 0. The average molecular weight is 414 g/mol. The molecule has 4 rings (SSSR count). The molecule has 0 unspecified atom stereocenters. The molecule has 0 spiro atoms. The Kier molecular flexibility index (Phi) is 6.23. The summed E-state index contributed by atoms with van der Waals surface area (Å²) in [7, 11) is 0. The van der Waals surface area contributed by atoms with Crippen LogP contribution in [0, 0.1) is 38.5 Å². The van der Waals surface area contributed by atoms with E-state index >= 15 is 0 Å². The molecule has 0 radical (unpaired) electrons. The largest absolute Gasteiger partial charge is 0.454 e. The molecule has 1 aliphatic rings. The van der Waals surface area contributed by atoms with Crippen LogP contribution < -0.4 is 0 Å². The summed E-state index contributed by atoms with van der Waals surface area (Å²) < 4.78 is 10.8. The van der Waals surface area contributed by atoms with Crippen LogP contribution >= 0.6 is 0 Å². The number of nitrogens with zero attached hydrogens (tertiary/aromatic N) is 1. The molecule has 0 atom stereocenters. The van der Waals surface area contributed by atoms with Crippen LogP contribution in [0.1, 0.15) is 64.1 Å². The van der Waals surface area contributed by atoms with Crippen molar-refractivity contribution in [3.63, 3.8) is 0 Å². The van der Waals surface area contributed by atoms with Crippen molar-refractivity contribution in [2.45, 2.75) is 53.1 Å². The lowest BCUT2D eigenvalue weighted by molar-refractivity contribution is 0.0437. The Bertz CT molecular complexity index is 1120. The van der Waals surface area contributed by atoms with Gasteiger partial charge in [-0.2, -0.15) is 0 Å². The van der Waals surface area contributed by atoms with Crippen LogP contribution in [-0.2, 0) is 11.3 Å². The second-order valence-electron chi connectivity index (χ2n) is 8.36. The molecule has 1 aromatic heterocycles. The highest BCUT2D eigenvalue weighted by atomic mass is 16.5. The maximum atomic E-state index is 12.4. The van der Waals surface area contributed by atoms with E-state index in [1.54, 1.807) is 12.1 Å². The minimum Gasteiger partial charge on any atom is -0.454 e. The fourth-order valence-corrected chi connectivity index (χ4v) is 4.25. The number of hydrogen-bond acceptors (Lipinski definition) is 4. The van der Waals surface area contributed by atoms with Gasteiger partial charge in [-0.25, -0.2) is 4.79 Å². The zero-order chi connectivity index (χ0) is 21.8. The second kappa shape index (κ2) is 9.22. The first kappa shape index (κ1) is 20.9. The van der Waals surface area contributed by atoms with Gasteiger partial charge in [-0.15, -0.1) is 0 Å². The van der Waals surface area contributed by atoms with Gasteiger partial charge in [0.25, 0.3) is 0 Å². The fraction of sp³-hybridized carbons (Fsp3) is 0.333. The topological polar surface area (TPSA) is 52.3 Å². The molecule has 158 valence electrons. The van der Waals surface area contributed by atoms with E-state index in [-0.39, 0.29) is 6.61 Å². The second-order valence-corrected chi connectivity index (χ2v) is 8.36. The van der Waals surface area contributed by atoms with Crippen molar-refractivity contribution in [2.24, 2.45) is 5.92 Å². The molecule has 31 heavy (non-hydrogen) atoms. The highest BCUT2D eigenvalue weighted by Gasteiger charge is 2.15. The van der Waals surface area contributed by atoms with Crippen molar-refractivity contribution < 1.29 is 14.1 Å². The van der Waals surface area contributed by atoms with Gasteiger partial charge in [-0.05, 0) is 69.0 Å². The van der Waals surface area contributed by atoms with Crippen molar-refractivity contribution in [2.75, 3.05) is 0 Å². The van der Waals surface area contributed by atoms with E-state index < -0.39 is 5.97 Å². The first-order chi connectivity index (χ1) is 15.0. The molecule has 0 amide bonds. The zero-order valence-corrected chi connectivity index (χ0v) is 18.3. The van der Waals surface area contributed by atoms with E-state index in [1.165, 1.54) is 31.2 Å². The van der Waals surface area contributed by atoms with E-state index in [0.717, 1.165) is 27.9 Å². The van der Waals surface area contributed by atoms with Crippen molar-refractivity contribution in [1.82, 2.24) is 5.16 Å². The third kappa shape index (κ3) is 5.06. The van der Waals surface area contributed by atoms with Crippen LogP contribution in [0.2, 0.25) is 0 Å². The summed E-state index contributed by atoms with van der Waals surface area (Å²) >= 11 is 0. The standard InChI is InChI=1S/C27H27NO3/c1-18-14-19(2)26(20(3)15-18)25-16-24(31-28-25)17-30-27(29)23-12-10-22(11-13-23)9-8-21-6-4-5-7-21/h10-16,21H,4-7,17H2,1-3H3. The summed E-state index contributed by atoms with van der Waals surface area (Å²) in [5.74, 6) is 7.19. The summed E-state index contributed by atoms with van der Waals surface area (Å²) in [5, 5.41) is 4.17. The van der Waals surface area contributed by atoms with Gasteiger partial charge in [0, 0.05) is 23.1 Å². The first-order valence-electron chi connectivity index (χ1n) is 10.8. The zero-order valence-electron chi connectivity index (χ0n) is 18.3. The van der Waals surface area contributed by atoms with Gasteiger partial charge in [-0.1, -0.05) is 47.5 Å². The molecule has 0 saturated heterocycles. The SMILES string of the molecule is Cc1cc(C)c(-c2cc(COC(=O)c3ccc(C#CC4CCCC4)cc3)on2)c(C)c1. The van der Waals surface area contributed by atoms with Gasteiger partial charge in [0.2, 0.25) is 0 Å². The Balaban J connectivity index is 1.37. The van der Waals surface area contributed by atoms with Gasteiger partial charge < -0.3 is 9.26 Å². The lowest BCUT2D eigenvalue weighted by Gasteiger charge is -2.07. The Morgan fingerprint density at radius 3 is 2.42 bits per heavy atom. The molecular weight excluding hydrogens is 386 g/mol. The lowest BCUT2D eigenvalue weighted by atomic mass is 9.97. The molecule has 0 N–H and O–H groups in total. The third-order valence-corrected chi connectivity index (χ3v) is 5.73. The highest BCUT2D eigenvalue weighted by Crippen LogP contribution is 2.28. The number of aromatic nitrogens is 1. The monoisotopic (exact) mass is 413 g/mol. The van der Waals surface area contributed by atoms with Crippen molar-refractivity contribution >= 4 is 5.97 Å². The Morgan fingerprint density at radius 2 is 1.74 bits per heavy atom. The summed E-state index contributed by atoms with van der Waals surface area (Å²) in [5.41, 5.74) is 6.74. The molecule has 3 aromatic rings. The number of ether oxygens (including phenoxy) is 1. The van der Waals surface area contributed by atoms with Crippen LogP contribution in [0.4, 0.5) is 0 Å². The number of carbonyl (C=O) groups is 1. The molecule has 2 aromatic carbocycles. The van der Waals surface area contributed by atoms with Gasteiger partial charge in [-0.3, -0.25) is 0 Å². The normalized spacial score (nSPS) is 13.6. The van der Waals surface area contributed by atoms with Gasteiger partial charge >= 0.3 is 5.97 Å². The predicted octanol–water partition coefficient (Wildman–Crippen LogP) is 6.17. The third-order valence-electron chi connectivity index (χ3n) is 5.73. The number of benzene rings is 2.